The van der Waals surface area contributed by atoms with Crippen LogP contribution in [0.5, 0.6) is 0 Å². The second kappa shape index (κ2) is 7.25. The molecule has 5 heteroatoms. The smallest absolute Gasteiger partial charge is 0.231 e. The van der Waals surface area contributed by atoms with Crippen LogP contribution in [-0.2, 0) is 9.53 Å². The van der Waals surface area contributed by atoms with Crippen molar-refractivity contribution in [1.29, 1.82) is 0 Å². The number of piperazine rings is 1. The SMILES string of the molecule is CCO[C@H](C)C1CN(C(=O)C2CC=CC=C2Cl)CCN1. The molecule has 1 fully saturated rings. The minimum Gasteiger partial charge on any atom is -0.377 e. The summed E-state index contributed by atoms with van der Waals surface area (Å²) < 4.78 is 5.63. The minimum atomic E-state index is -0.206. The van der Waals surface area contributed by atoms with Gasteiger partial charge in [0.25, 0.3) is 0 Å². The van der Waals surface area contributed by atoms with E-state index in [1.807, 2.05) is 37.0 Å². The van der Waals surface area contributed by atoms with Crippen LogP contribution in [0.25, 0.3) is 0 Å². The fourth-order valence-electron chi connectivity index (χ4n) is 2.71. The lowest BCUT2D eigenvalue weighted by molar-refractivity contribution is -0.136. The molecule has 112 valence electrons. The van der Waals surface area contributed by atoms with Gasteiger partial charge in [0, 0.05) is 31.3 Å². The monoisotopic (exact) mass is 298 g/mol. The van der Waals surface area contributed by atoms with Crippen molar-refractivity contribution in [3.63, 3.8) is 0 Å². The molecule has 1 aliphatic carbocycles. The number of ether oxygens (including phenoxy) is 1. The number of carbonyl (C=O) groups excluding carboxylic acids is 1. The maximum absolute atomic E-state index is 12.6. The highest BCUT2D eigenvalue weighted by Crippen LogP contribution is 2.26. The van der Waals surface area contributed by atoms with E-state index in [2.05, 4.69) is 5.32 Å². The van der Waals surface area contributed by atoms with Crippen molar-refractivity contribution in [1.82, 2.24) is 10.2 Å². The minimum absolute atomic E-state index is 0.105. The first-order chi connectivity index (χ1) is 9.63. The van der Waals surface area contributed by atoms with Gasteiger partial charge in [0.15, 0.2) is 0 Å². The Morgan fingerprint density at radius 2 is 2.45 bits per heavy atom. The van der Waals surface area contributed by atoms with Crippen LogP contribution in [0.4, 0.5) is 0 Å². The molecule has 3 atom stereocenters. The number of carbonyl (C=O) groups is 1. The van der Waals surface area contributed by atoms with Gasteiger partial charge in [-0.05, 0) is 26.3 Å². The van der Waals surface area contributed by atoms with Gasteiger partial charge < -0.3 is 15.0 Å². The number of hydrogen-bond acceptors (Lipinski definition) is 3. The van der Waals surface area contributed by atoms with Gasteiger partial charge in [0.1, 0.15) is 0 Å². The normalized spacial score (nSPS) is 28.1. The molecule has 0 aromatic carbocycles. The van der Waals surface area contributed by atoms with Crippen LogP contribution in [0.15, 0.2) is 23.3 Å². The Balaban J connectivity index is 1.96. The van der Waals surface area contributed by atoms with E-state index in [0.717, 1.165) is 13.1 Å². The first-order valence-corrected chi connectivity index (χ1v) is 7.67. The van der Waals surface area contributed by atoms with Crippen molar-refractivity contribution < 1.29 is 9.53 Å². The maximum Gasteiger partial charge on any atom is 0.231 e. The van der Waals surface area contributed by atoms with E-state index in [1.165, 1.54) is 0 Å². The highest BCUT2D eigenvalue weighted by atomic mass is 35.5. The number of allylic oxidation sites excluding steroid dienone is 3. The molecule has 1 amide bonds. The summed E-state index contributed by atoms with van der Waals surface area (Å²) in [5.74, 6) is -0.0754. The molecule has 0 spiro atoms. The van der Waals surface area contributed by atoms with Crippen molar-refractivity contribution in [2.75, 3.05) is 26.2 Å². The van der Waals surface area contributed by atoms with E-state index >= 15 is 0 Å². The van der Waals surface area contributed by atoms with Crippen LogP contribution in [0.1, 0.15) is 20.3 Å². The molecule has 0 aromatic rings. The Hall–Kier alpha value is -0.840. The van der Waals surface area contributed by atoms with Crippen molar-refractivity contribution >= 4 is 17.5 Å². The third-order valence-electron chi connectivity index (χ3n) is 3.91. The van der Waals surface area contributed by atoms with Crippen LogP contribution in [0, 0.1) is 5.92 Å². The number of nitrogens with zero attached hydrogens (tertiary/aromatic N) is 1. The molecule has 2 unspecified atom stereocenters. The summed E-state index contributed by atoms with van der Waals surface area (Å²) in [5.41, 5.74) is 0. The fourth-order valence-corrected chi connectivity index (χ4v) is 2.97. The maximum atomic E-state index is 12.6. The summed E-state index contributed by atoms with van der Waals surface area (Å²) in [4.78, 5) is 14.5. The molecule has 1 saturated heterocycles. The average molecular weight is 299 g/mol. The second-order valence-corrected chi connectivity index (χ2v) is 5.71. The van der Waals surface area contributed by atoms with Gasteiger partial charge in [-0.15, -0.1) is 0 Å². The molecule has 4 nitrogen and oxygen atoms in total. The molecule has 20 heavy (non-hydrogen) atoms. The lowest BCUT2D eigenvalue weighted by atomic mass is 9.97. The fraction of sp³-hybridized carbons (Fsp3) is 0.667. The van der Waals surface area contributed by atoms with Gasteiger partial charge >= 0.3 is 0 Å². The van der Waals surface area contributed by atoms with E-state index in [-0.39, 0.29) is 24.0 Å². The molecule has 1 N–H and O–H groups in total. The second-order valence-electron chi connectivity index (χ2n) is 5.27. The first-order valence-electron chi connectivity index (χ1n) is 7.29. The summed E-state index contributed by atoms with van der Waals surface area (Å²) >= 11 is 6.17. The Kier molecular flexibility index (Phi) is 5.64. The average Bonchev–Trinajstić information content (AvgIpc) is 2.47. The van der Waals surface area contributed by atoms with E-state index in [1.54, 1.807) is 0 Å². The van der Waals surface area contributed by atoms with Crippen LogP contribution in [0.2, 0.25) is 0 Å². The Morgan fingerprint density at radius 3 is 3.15 bits per heavy atom. The summed E-state index contributed by atoms with van der Waals surface area (Å²) in [6, 6.07) is 0.189. The molecule has 0 aromatic heterocycles. The molecule has 0 bridgehead atoms. The zero-order valence-electron chi connectivity index (χ0n) is 12.1. The third kappa shape index (κ3) is 3.62. The molecule has 1 heterocycles. The largest absolute Gasteiger partial charge is 0.377 e. The highest BCUT2D eigenvalue weighted by Gasteiger charge is 2.32. The summed E-state index contributed by atoms with van der Waals surface area (Å²) in [6.07, 6.45) is 6.52. The summed E-state index contributed by atoms with van der Waals surface area (Å²) in [5, 5.41) is 4.07. The number of nitrogens with one attached hydrogen (secondary N) is 1. The molecule has 2 aliphatic rings. The van der Waals surface area contributed by atoms with Crippen molar-refractivity contribution in [2.24, 2.45) is 5.92 Å². The number of hydrogen-bond donors (Lipinski definition) is 1. The van der Waals surface area contributed by atoms with Gasteiger partial charge in [-0.3, -0.25) is 4.79 Å². The van der Waals surface area contributed by atoms with E-state index in [4.69, 9.17) is 16.3 Å². The lowest BCUT2D eigenvalue weighted by Gasteiger charge is -2.38. The Bertz CT molecular complexity index is 409. The number of rotatable bonds is 4. The lowest BCUT2D eigenvalue weighted by Crippen LogP contribution is -2.57. The summed E-state index contributed by atoms with van der Waals surface area (Å²) in [7, 11) is 0. The topological polar surface area (TPSA) is 41.6 Å². The van der Waals surface area contributed by atoms with E-state index in [9.17, 15) is 4.79 Å². The molecule has 1 aliphatic heterocycles. The summed E-state index contributed by atoms with van der Waals surface area (Å²) in [6.45, 7) is 6.95. The van der Waals surface area contributed by atoms with Gasteiger partial charge in [-0.1, -0.05) is 23.8 Å². The number of halogens is 1. The zero-order chi connectivity index (χ0) is 14.5. The van der Waals surface area contributed by atoms with Gasteiger partial charge in [-0.25, -0.2) is 0 Å². The van der Waals surface area contributed by atoms with Crippen LogP contribution < -0.4 is 5.32 Å². The predicted octanol–water partition coefficient (Wildman–Crippen LogP) is 1.91. The Labute approximate surface area is 125 Å². The highest BCUT2D eigenvalue weighted by molar-refractivity contribution is 6.31. The molecule has 0 radical (unpaired) electrons. The molecule has 0 saturated carbocycles. The molecular weight excluding hydrogens is 276 g/mol. The van der Waals surface area contributed by atoms with Crippen LogP contribution >= 0.6 is 11.6 Å². The Morgan fingerprint density at radius 1 is 1.65 bits per heavy atom. The predicted molar refractivity (Wildman–Crippen MR) is 80.6 cm³/mol. The van der Waals surface area contributed by atoms with Crippen molar-refractivity contribution in [3.05, 3.63) is 23.3 Å². The molecular formula is C15H23ClN2O2. The zero-order valence-corrected chi connectivity index (χ0v) is 12.9. The first kappa shape index (κ1) is 15.5. The number of amides is 1. The van der Waals surface area contributed by atoms with Crippen molar-refractivity contribution in [3.8, 4) is 0 Å². The third-order valence-corrected chi connectivity index (χ3v) is 4.30. The standard InChI is InChI=1S/C15H23ClN2O2/c1-3-20-11(2)14-10-18(9-8-17-14)15(19)12-6-4-5-7-13(12)16/h4-5,7,11-12,14,17H,3,6,8-10H2,1-2H3/t11-,12?,14?/m1/s1. The van der Waals surface area contributed by atoms with Crippen LogP contribution in [-0.4, -0.2) is 49.2 Å². The quantitative estimate of drug-likeness (QED) is 0.862. The molecule has 2 rings (SSSR count). The van der Waals surface area contributed by atoms with E-state index in [0.29, 0.717) is 24.6 Å². The van der Waals surface area contributed by atoms with Gasteiger partial charge in [-0.2, -0.15) is 0 Å². The van der Waals surface area contributed by atoms with Crippen molar-refractivity contribution in [2.45, 2.75) is 32.4 Å². The van der Waals surface area contributed by atoms with E-state index < -0.39 is 0 Å². The van der Waals surface area contributed by atoms with Gasteiger partial charge in [0.2, 0.25) is 5.91 Å². The van der Waals surface area contributed by atoms with Gasteiger partial charge in [0.05, 0.1) is 18.1 Å². The van der Waals surface area contributed by atoms with Crippen LogP contribution in [0.3, 0.4) is 0 Å².